The van der Waals surface area contributed by atoms with Gasteiger partial charge in [0, 0.05) is 18.0 Å². The summed E-state index contributed by atoms with van der Waals surface area (Å²) in [5.41, 5.74) is 5.73. The van der Waals surface area contributed by atoms with Crippen LogP contribution in [0.25, 0.3) is 0 Å². The fourth-order valence-electron chi connectivity index (χ4n) is 2.14. The van der Waals surface area contributed by atoms with Crippen LogP contribution in [0.5, 0.6) is 0 Å². The van der Waals surface area contributed by atoms with Gasteiger partial charge < -0.3 is 15.7 Å². The van der Waals surface area contributed by atoms with E-state index in [9.17, 15) is 5.11 Å². The van der Waals surface area contributed by atoms with Gasteiger partial charge in [0.15, 0.2) is 0 Å². The lowest BCUT2D eigenvalue weighted by atomic mass is 9.94. The Hall–Kier alpha value is -0.120. The molecule has 12 heavy (non-hydrogen) atoms. The molecule has 1 heterocycles. The smallest absolute Gasteiger partial charge is 0.0760 e. The van der Waals surface area contributed by atoms with Crippen molar-refractivity contribution in [3.63, 3.8) is 0 Å². The summed E-state index contributed by atoms with van der Waals surface area (Å²) in [5.74, 6) is 0.419. The van der Waals surface area contributed by atoms with Gasteiger partial charge in [0.05, 0.1) is 6.10 Å². The van der Waals surface area contributed by atoms with Crippen molar-refractivity contribution < 1.29 is 5.11 Å². The average Bonchev–Trinajstić information content (AvgIpc) is 2.62. The van der Waals surface area contributed by atoms with Gasteiger partial charge in [-0.3, -0.25) is 0 Å². The molecule has 3 nitrogen and oxygen atoms in total. The van der Waals surface area contributed by atoms with Crippen LogP contribution in [0.15, 0.2) is 0 Å². The van der Waals surface area contributed by atoms with Gasteiger partial charge in [0.2, 0.25) is 0 Å². The van der Waals surface area contributed by atoms with E-state index in [2.05, 4.69) is 11.9 Å². The van der Waals surface area contributed by atoms with Gasteiger partial charge in [-0.2, -0.15) is 0 Å². The number of nitrogens with zero attached hydrogens (tertiary/aromatic N) is 1. The number of nitrogens with two attached hydrogens (primary N) is 1. The second kappa shape index (κ2) is 2.69. The summed E-state index contributed by atoms with van der Waals surface area (Å²) >= 11 is 0. The summed E-state index contributed by atoms with van der Waals surface area (Å²) in [6.07, 6.45) is 2.86. The monoisotopic (exact) mass is 170 g/mol. The first-order chi connectivity index (χ1) is 5.62. The highest BCUT2D eigenvalue weighted by atomic mass is 16.3. The van der Waals surface area contributed by atoms with Crippen molar-refractivity contribution in [3.05, 3.63) is 0 Å². The van der Waals surface area contributed by atoms with Crippen LogP contribution in [0.3, 0.4) is 0 Å². The largest absolute Gasteiger partial charge is 0.391 e. The quantitative estimate of drug-likeness (QED) is 0.603. The zero-order valence-electron chi connectivity index (χ0n) is 7.66. The van der Waals surface area contributed by atoms with Gasteiger partial charge in [-0.1, -0.05) is 0 Å². The normalized spacial score (nSPS) is 36.8. The summed E-state index contributed by atoms with van der Waals surface area (Å²) < 4.78 is 0. The summed E-state index contributed by atoms with van der Waals surface area (Å²) in [6.45, 7) is 2.12. The molecule has 0 spiro atoms. The first-order valence-corrected chi connectivity index (χ1v) is 4.77. The van der Waals surface area contributed by atoms with Crippen molar-refractivity contribution in [1.82, 2.24) is 4.90 Å². The third-order valence-corrected chi connectivity index (χ3v) is 3.29. The van der Waals surface area contributed by atoms with Crippen molar-refractivity contribution in [1.29, 1.82) is 0 Å². The minimum Gasteiger partial charge on any atom is -0.391 e. The number of aliphatic hydroxyl groups is 1. The molecule has 0 amide bonds. The molecule has 2 fully saturated rings. The van der Waals surface area contributed by atoms with Crippen LogP contribution in [0, 0.1) is 5.92 Å². The Morgan fingerprint density at radius 3 is 2.67 bits per heavy atom. The summed E-state index contributed by atoms with van der Waals surface area (Å²) in [7, 11) is 2.10. The number of hydrogen-bond acceptors (Lipinski definition) is 3. The molecule has 1 saturated carbocycles. The number of aliphatic hydroxyl groups excluding tert-OH is 1. The summed E-state index contributed by atoms with van der Waals surface area (Å²) in [5, 5.41) is 9.91. The van der Waals surface area contributed by atoms with E-state index >= 15 is 0 Å². The summed E-state index contributed by atoms with van der Waals surface area (Å²) in [4.78, 5) is 2.26. The molecule has 0 bridgehead atoms. The number of rotatable bonds is 2. The minimum atomic E-state index is -0.262. The molecule has 2 aliphatic rings. The van der Waals surface area contributed by atoms with Crippen LogP contribution in [0.4, 0.5) is 0 Å². The molecular formula is C9H18N2O. The van der Waals surface area contributed by atoms with Crippen molar-refractivity contribution in [2.75, 3.05) is 20.1 Å². The molecule has 1 saturated heterocycles. The van der Waals surface area contributed by atoms with Gasteiger partial charge in [-0.25, -0.2) is 0 Å². The minimum absolute atomic E-state index is 0.212. The second-order valence-electron chi connectivity index (χ2n) is 4.49. The van der Waals surface area contributed by atoms with E-state index in [4.69, 9.17) is 5.73 Å². The van der Waals surface area contributed by atoms with Crippen LogP contribution in [-0.2, 0) is 0 Å². The highest BCUT2D eigenvalue weighted by molar-refractivity contribution is 5.07. The predicted octanol–water partition coefficient (Wildman–Crippen LogP) is -0.210. The fourth-order valence-corrected chi connectivity index (χ4v) is 2.14. The van der Waals surface area contributed by atoms with Gasteiger partial charge in [0.25, 0.3) is 0 Å². The molecule has 3 N–H and O–H groups in total. The first kappa shape index (κ1) is 8.48. The second-order valence-corrected chi connectivity index (χ2v) is 4.49. The lowest BCUT2D eigenvalue weighted by Gasteiger charge is -2.23. The molecule has 2 atom stereocenters. The molecule has 1 aliphatic heterocycles. The molecule has 0 radical (unpaired) electrons. The van der Waals surface area contributed by atoms with Crippen LogP contribution >= 0.6 is 0 Å². The Bertz CT molecular complexity index is 179. The topological polar surface area (TPSA) is 49.5 Å². The van der Waals surface area contributed by atoms with E-state index < -0.39 is 0 Å². The zero-order valence-corrected chi connectivity index (χ0v) is 7.66. The van der Waals surface area contributed by atoms with Crippen LogP contribution in [0.2, 0.25) is 0 Å². The molecule has 70 valence electrons. The van der Waals surface area contributed by atoms with Crippen molar-refractivity contribution >= 4 is 0 Å². The molecule has 0 aromatic heterocycles. The third kappa shape index (κ3) is 1.37. The van der Waals surface area contributed by atoms with Crippen molar-refractivity contribution in [3.8, 4) is 0 Å². The maximum absolute atomic E-state index is 9.91. The molecule has 1 aliphatic carbocycles. The van der Waals surface area contributed by atoms with E-state index in [1.165, 1.54) is 0 Å². The highest BCUT2D eigenvalue weighted by Crippen LogP contribution is 2.40. The first-order valence-electron chi connectivity index (χ1n) is 4.77. The van der Waals surface area contributed by atoms with Crippen molar-refractivity contribution in [2.45, 2.75) is 30.9 Å². The Morgan fingerprint density at radius 2 is 2.25 bits per heavy atom. The van der Waals surface area contributed by atoms with E-state index in [-0.39, 0.29) is 11.6 Å². The van der Waals surface area contributed by atoms with Crippen LogP contribution < -0.4 is 5.73 Å². The van der Waals surface area contributed by atoms with Gasteiger partial charge in [-0.05, 0) is 32.9 Å². The standard InChI is InChI=1S/C9H18N2O/c1-11-5-2-7(6-11)8(12)9(10)3-4-9/h7-8,12H,2-6,10H2,1H3. The Labute approximate surface area is 73.5 Å². The third-order valence-electron chi connectivity index (χ3n) is 3.29. The lowest BCUT2D eigenvalue weighted by molar-refractivity contribution is 0.0768. The SMILES string of the molecule is CN1CCC(C(O)C2(N)CC2)C1. The molecule has 0 aromatic carbocycles. The Balaban J connectivity index is 1.92. The Morgan fingerprint density at radius 1 is 1.58 bits per heavy atom. The Kier molecular flexibility index (Phi) is 1.90. The van der Waals surface area contributed by atoms with Crippen LogP contribution in [0.1, 0.15) is 19.3 Å². The van der Waals surface area contributed by atoms with Gasteiger partial charge in [0.1, 0.15) is 0 Å². The van der Waals surface area contributed by atoms with Gasteiger partial charge in [-0.15, -0.1) is 0 Å². The molecule has 3 heteroatoms. The predicted molar refractivity (Wildman–Crippen MR) is 47.8 cm³/mol. The average molecular weight is 170 g/mol. The van der Waals surface area contributed by atoms with Crippen molar-refractivity contribution in [2.24, 2.45) is 11.7 Å². The lowest BCUT2D eigenvalue weighted by Crippen LogP contribution is -2.43. The number of likely N-dealkylation sites (tertiary alicyclic amines) is 1. The molecule has 2 rings (SSSR count). The fraction of sp³-hybridized carbons (Fsp3) is 1.00. The number of hydrogen-bond donors (Lipinski definition) is 2. The van der Waals surface area contributed by atoms with E-state index in [1.54, 1.807) is 0 Å². The maximum atomic E-state index is 9.91. The molecule has 2 unspecified atom stereocenters. The van der Waals surface area contributed by atoms with E-state index in [1.807, 2.05) is 0 Å². The summed E-state index contributed by atoms with van der Waals surface area (Å²) in [6, 6.07) is 0. The molecular weight excluding hydrogens is 152 g/mol. The zero-order chi connectivity index (χ0) is 8.77. The highest BCUT2D eigenvalue weighted by Gasteiger charge is 2.48. The van der Waals surface area contributed by atoms with E-state index in [0.29, 0.717) is 5.92 Å². The van der Waals surface area contributed by atoms with E-state index in [0.717, 1.165) is 32.4 Å². The van der Waals surface area contributed by atoms with Gasteiger partial charge >= 0.3 is 0 Å². The maximum Gasteiger partial charge on any atom is 0.0760 e. The van der Waals surface area contributed by atoms with Crippen LogP contribution in [-0.4, -0.2) is 41.8 Å². The molecule has 0 aromatic rings.